The lowest BCUT2D eigenvalue weighted by molar-refractivity contribution is -0.137. The maximum Gasteiger partial charge on any atom is 0.421 e. The average molecular weight is 495 g/mol. The van der Waals surface area contributed by atoms with Gasteiger partial charge in [0.1, 0.15) is 24.3 Å². The zero-order valence-electron chi connectivity index (χ0n) is 18.3. The summed E-state index contributed by atoms with van der Waals surface area (Å²) in [7, 11) is -1.49. The van der Waals surface area contributed by atoms with Crippen LogP contribution in [0.15, 0.2) is 48.7 Å². The first-order chi connectivity index (χ1) is 15.9. The second kappa shape index (κ2) is 9.70. The van der Waals surface area contributed by atoms with E-state index in [4.69, 9.17) is 9.94 Å². The molecule has 3 rings (SSSR count). The Labute approximate surface area is 192 Å². The van der Waals surface area contributed by atoms with Gasteiger partial charge in [-0.2, -0.15) is 18.2 Å². The molecule has 0 radical (unpaired) electrons. The van der Waals surface area contributed by atoms with Crippen molar-refractivity contribution in [3.8, 4) is 5.75 Å². The molecule has 0 saturated carbocycles. The maximum absolute atomic E-state index is 13.6. The van der Waals surface area contributed by atoms with Crippen LogP contribution in [0.1, 0.15) is 15.9 Å². The molecule has 0 aliphatic heterocycles. The normalized spacial score (nSPS) is 11.6. The largest absolute Gasteiger partial charge is 0.495 e. The van der Waals surface area contributed by atoms with E-state index < -0.39 is 30.6 Å². The first kappa shape index (κ1) is 25.0. The van der Waals surface area contributed by atoms with Gasteiger partial charge in [-0.1, -0.05) is 12.1 Å². The number of methoxy groups -OCH3 is 1. The molecule has 0 unspecified atom stereocenters. The van der Waals surface area contributed by atoms with E-state index in [2.05, 4.69) is 20.6 Å². The number of rotatable bonds is 7. The molecule has 9 nitrogen and oxygen atoms in total. The highest BCUT2D eigenvalue weighted by molar-refractivity contribution is 7.70. The van der Waals surface area contributed by atoms with Crippen LogP contribution in [-0.2, 0) is 10.7 Å². The van der Waals surface area contributed by atoms with Crippen molar-refractivity contribution in [2.45, 2.75) is 6.18 Å². The van der Waals surface area contributed by atoms with Crippen LogP contribution in [0.5, 0.6) is 5.75 Å². The average Bonchev–Trinajstić information content (AvgIpc) is 2.77. The number of amides is 1. The first-order valence-electron chi connectivity index (χ1n) is 9.69. The molecule has 180 valence electrons. The molecule has 1 amide bonds. The lowest BCUT2D eigenvalue weighted by atomic mass is 10.2. The van der Waals surface area contributed by atoms with Crippen LogP contribution in [0, 0.1) is 0 Å². The summed E-state index contributed by atoms with van der Waals surface area (Å²) in [5.74, 6) is -1.35. The molecule has 1 aromatic heterocycles. The second-order valence-corrected chi connectivity index (χ2v) is 10.6. The van der Waals surface area contributed by atoms with Crippen molar-refractivity contribution in [2.24, 2.45) is 0 Å². The number of alkyl halides is 3. The number of hydrogen-bond donors (Lipinski definition) is 4. The molecule has 13 heteroatoms. The van der Waals surface area contributed by atoms with Gasteiger partial charge in [0.25, 0.3) is 5.91 Å². The Morgan fingerprint density at radius 3 is 2.41 bits per heavy atom. The predicted octanol–water partition coefficient (Wildman–Crippen LogP) is 4.36. The molecule has 0 atom stereocenters. The molecule has 2 aromatic carbocycles. The van der Waals surface area contributed by atoms with Crippen LogP contribution in [0.25, 0.3) is 0 Å². The summed E-state index contributed by atoms with van der Waals surface area (Å²) in [6.07, 6.45) is -4.13. The molecule has 34 heavy (non-hydrogen) atoms. The van der Waals surface area contributed by atoms with Crippen molar-refractivity contribution in [3.63, 3.8) is 0 Å². The van der Waals surface area contributed by atoms with E-state index in [1.165, 1.54) is 50.2 Å². The van der Waals surface area contributed by atoms with E-state index in [1.807, 2.05) is 0 Å². The number of para-hydroxylation sites is 1. The summed E-state index contributed by atoms with van der Waals surface area (Å²) in [5.41, 5.74) is 0.947. The van der Waals surface area contributed by atoms with Gasteiger partial charge < -0.3 is 19.9 Å². The Kier molecular flexibility index (Phi) is 7.13. The van der Waals surface area contributed by atoms with Crippen LogP contribution >= 0.6 is 7.14 Å². The highest BCUT2D eigenvalue weighted by atomic mass is 31.2. The number of benzene rings is 2. The molecule has 0 saturated heterocycles. The predicted molar refractivity (Wildman–Crippen MR) is 121 cm³/mol. The van der Waals surface area contributed by atoms with Gasteiger partial charge in [-0.3, -0.25) is 10.0 Å². The summed E-state index contributed by atoms with van der Waals surface area (Å²) in [6.45, 7) is 3.02. The molecule has 0 aliphatic carbocycles. The smallest absolute Gasteiger partial charge is 0.421 e. The van der Waals surface area contributed by atoms with Gasteiger partial charge in [0.05, 0.1) is 18.5 Å². The molecular formula is C21H21F3N5O4P. The van der Waals surface area contributed by atoms with Gasteiger partial charge in [0.15, 0.2) is 0 Å². The third-order valence-corrected chi connectivity index (χ3v) is 6.19. The minimum atomic E-state index is -4.76. The van der Waals surface area contributed by atoms with Crippen molar-refractivity contribution in [1.82, 2.24) is 15.4 Å². The molecule has 4 N–H and O–H groups in total. The van der Waals surface area contributed by atoms with Crippen molar-refractivity contribution in [2.75, 3.05) is 31.1 Å². The third-order valence-electron chi connectivity index (χ3n) is 4.64. The minimum Gasteiger partial charge on any atom is -0.495 e. The van der Waals surface area contributed by atoms with Crippen molar-refractivity contribution in [1.29, 1.82) is 0 Å². The highest BCUT2D eigenvalue weighted by Crippen LogP contribution is 2.40. The number of hydroxylamine groups is 1. The van der Waals surface area contributed by atoms with Gasteiger partial charge in [-0.25, -0.2) is 10.5 Å². The summed E-state index contributed by atoms with van der Waals surface area (Å²) in [4.78, 5) is 19.3. The van der Waals surface area contributed by atoms with E-state index in [0.29, 0.717) is 11.5 Å². The SMILES string of the molecule is COc1cc(C(=O)NO)ccc1Nc1ncc(C(F)(F)F)c(Nc2ccccc2P(C)(C)=O)n1. The Balaban J connectivity index is 2.03. The zero-order chi connectivity index (χ0) is 25.1. The Hall–Kier alpha value is -3.63. The van der Waals surface area contributed by atoms with Gasteiger partial charge in [0.2, 0.25) is 5.95 Å². The summed E-state index contributed by atoms with van der Waals surface area (Å²) in [6, 6.07) is 10.4. The number of halogens is 3. The molecule has 0 spiro atoms. The first-order valence-corrected chi connectivity index (χ1v) is 12.3. The fourth-order valence-electron chi connectivity index (χ4n) is 3.04. The van der Waals surface area contributed by atoms with Crippen LogP contribution < -0.4 is 26.2 Å². The van der Waals surface area contributed by atoms with E-state index in [1.54, 1.807) is 18.2 Å². The van der Waals surface area contributed by atoms with E-state index in [9.17, 15) is 22.5 Å². The van der Waals surface area contributed by atoms with Crippen LogP contribution in [-0.4, -0.2) is 41.5 Å². The lowest BCUT2D eigenvalue weighted by Gasteiger charge is -2.18. The third kappa shape index (κ3) is 5.64. The number of anilines is 4. The van der Waals surface area contributed by atoms with Crippen LogP contribution in [0.3, 0.4) is 0 Å². The summed E-state index contributed by atoms with van der Waals surface area (Å²) in [5, 5.41) is 14.5. The number of carbonyl (C=O) groups excluding carboxylic acids is 1. The molecule has 0 fully saturated rings. The van der Waals surface area contributed by atoms with Crippen LogP contribution in [0.2, 0.25) is 0 Å². The number of ether oxygens (including phenoxy) is 1. The van der Waals surface area contributed by atoms with Gasteiger partial charge >= 0.3 is 6.18 Å². The lowest BCUT2D eigenvalue weighted by Crippen LogP contribution is -2.18. The number of carbonyl (C=O) groups is 1. The molecule has 1 heterocycles. The molecular weight excluding hydrogens is 474 g/mol. The Morgan fingerprint density at radius 2 is 1.79 bits per heavy atom. The highest BCUT2D eigenvalue weighted by Gasteiger charge is 2.36. The van der Waals surface area contributed by atoms with E-state index in [-0.39, 0.29) is 28.6 Å². The maximum atomic E-state index is 13.6. The van der Waals surface area contributed by atoms with Crippen LogP contribution in [0.4, 0.5) is 36.3 Å². The van der Waals surface area contributed by atoms with Crippen molar-refractivity contribution in [3.05, 3.63) is 59.8 Å². The topological polar surface area (TPSA) is 125 Å². The van der Waals surface area contributed by atoms with Gasteiger partial charge in [-0.15, -0.1) is 0 Å². The summed E-state index contributed by atoms with van der Waals surface area (Å²) < 4.78 is 58.8. The summed E-state index contributed by atoms with van der Waals surface area (Å²) >= 11 is 0. The monoisotopic (exact) mass is 495 g/mol. The number of aromatic nitrogens is 2. The molecule has 0 aliphatic rings. The van der Waals surface area contributed by atoms with Crippen molar-refractivity contribution >= 4 is 41.5 Å². The quantitative estimate of drug-likeness (QED) is 0.217. The van der Waals surface area contributed by atoms with E-state index in [0.717, 1.165) is 0 Å². The zero-order valence-corrected chi connectivity index (χ0v) is 19.2. The Morgan fingerprint density at radius 1 is 1.09 bits per heavy atom. The molecule has 0 bridgehead atoms. The molecule has 3 aromatic rings. The van der Waals surface area contributed by atoms with E-state index >= 15 is 0 Å². The fraction of sp³-hybridized carbons (Fsp3) is 0.190. The van der Waals surface area contributed by atoms with Gasteiger partial charge in [0, 0.05) is 17.1 Å². The number of nitrogens with one attached hydrogen (secondary N) is 3. The Bertz CT molecular complexity index is 1260. The minimum absolute atomic E-state index is 0.0840. The standard InChI is InChI=1S/C21H21F3N5O4P/c1-33-16-10-12(19(30)29-31)8-9-14(16)27-20-25-11-13(21(22,23)24)18(28-20)26-15-6-4-5-7-17(15)34(2,3)32/h4-11,31H,1-3H3,(H,29,30)(H2,25,26,27,28). The number of nitrogens with zero attached hydrogens (tertiary/aromatic N) is 2. The second-order valence-electron chi connectivity index (χ2n) is 7.43. The fourth-order valence-corrected chi connectivity index (χ4v) is 4.20. The van der Waals surface area contributed by atoms with Gasteiger partial charge in [-0.05, 0) is 43.7 Å². The van der Waals surface area contributed by atoms with Crippen molar-refractivity contribution < 1.29 is 32.5 Å². The number of hydrogen-bond acceptors (Lipinski definition) is 8.